The third kappa shape index (κ3) is 5.04. The molecule has 0 aliphatic rings. The summed E-state index contributed by atoms with van der Waals surface area (Å²) in [6.07, 6.45) is 0. The van der Waals surface area contributed by atoms with Crippen LogP contribution in [0.5, 0.6) is 0 Å². The van der Waals surface area contributed by atoms with Gasteiger partial charge in [0.25, 0.3) is 0 Å². The first kappa shape index (κ1) is 16.3. The van der Waals surface area contributed by atoms with E-state index in [0.717, 1.165) is 16.2 Å². The maximum atomic E-state index is 11.7. The van der Waals surface area contributed by atoms with E-state index >= 15 is 0 Å². The minimum absolute atomic E-state index is 0.0968. The predicted octanol–water partition coefficient (Wildman–Crippen LogP) is 0.996. The van der Waals surface area contributed by atoms with Gasteiger partial charge in [-0.05, 0) is 28.1 Å². The van der Waals surface area contributed by atoms with E-state index in [9.17, 15) is 9.59 Å². The van der Waals surface area contributed by atoms with Gasteiger partial charge in [-0.3, -0.25) is 9.59 Å². The van der Waals surface area contributed by atoms with Crippen LogP contribution in [0, 0.1) is 0 Å². The Hall–Kier alpha value is -2.07. The van der Waals surface area contributed by atoms with Crippen LogP contribution in [0.4, 0.5) is 11.6 Å². The first-order valence-corrected chi connectivity index (χ1v) is 7.94. The van der Waals surface area contributed by atoms with Crippen LogP contribution < -0.4 is 16.4 Å². The molecule has 0 saturated heterocycles. The first-order chi connectivity index (χ1) is 10.5. The Morgan fingerprint density at radius 2 is 2.09 bits per heavy atom. The molecule has 5 N–H and O–H groups in total. The summed E-state index contributed by atoms with van der Waals surface area (Å²) < 4.78 is 0.771. The lowest BCUT2D eigenvalue weighted by molar-refractivity contribution is -0.122. The van der Waals surface area contributed by atoms with Crippen molar-refractivity contribution in [3.8, 4) is 0 Å². The third-order valence-electron chi connectivity index (χ3n) is 2.41. The summed E-state index contributed by atoms with van der Waals surface area (Å²) in [7, 11) is 0. The lowest BCUT2D eigenvalue weighted by Gasteiger charge is -2.08. The maximum Gasteiger partial charge on any atom is 0.243 e. The van der Waals surface area contributed by atoms with Crippen molar-refractivity contribution in [1.82, 2.24) is 20.5 Å². The Labute approximate surface area is 138 Å². The molecule has 0 saturated carbocycles. The van der Waals surface area contributed by atoms with E-state index in [-0.39, 0.29) is 30.1 Å². The van der Waals surface area contributed by atoms with Crippen molar-refractivity contribution in [2.45, 2.75) is 5.16 Å². The van der Waals surface area contributed by atoms with Crippen molar-refractivity contribution in [2.24, 2.45) is 0 Å². The van der Waals surface area contributed by atoms with Crippen LogP contribution in [0.15, 0.2) is 33.9 Å². The fourth-order valence-corrected chi connectivity index (χ4v) is 2.46. The van der Waals surface area contributed by atoms with Gasteiger partial charge in [0.15, 0.2) is 0 Å². The number of thioether (sulfide) groups is 1. The number of aromatic nitrogens is 3. The summed E-state index contributed by atoms with van der Waals surface area (Å²) >= 11 is 4.45. The number of hydrogen-bond donors (Lipinski definition) is 4. The molecular formula is C12H13BrN6O2S. The van der Waals surface area contributed by atoms with Crippen LogP contribution in [0.1, 0.15) is 0 Å². The fraction of sp³-hybridized carbons (Fsp3) is 0.167. The van der Waals surface area contributed by atoms with Gasteiger partial charge >= 0.3 is 0 Å². The highest BCUT2D eigenvalue weighted by Crippen LogP contribution is 2.20. The number of nitrogen functional groups attached to an aromatic ring is 1. The van der Waals surface area contributed by atoms with Gasteiger partial charge in [-0.1, -0.05) is 23.9 Å². The maximum absolute atomic E-state index is 11.7. The molecule has 0 unspecified atom stereocenters. The molecular weight excluding hydrogens is 372 g/mol. The second kappa shape index (κ2) is 7.80. The second-order valence-corrected chi connectivity index (χ2v) is 5.89. The van der Waals surface area contributed by atoms with Gasteiger partial charge in [-0.15, -0.1) is 5.10 Å². The monoisotopic (exact) mass is 384 g/mol. The van der Waals surface area contributed by atoms with Gasteiger partial charge in [-0.25, -0.2) is 5.10 Å². The number of para-hydroxylation sites is 1. The van der Waals surface area contributed by atoms with E-state index in [4.69, 9.17) is 5.73 Å². The minimum atomic E-state index is -0.313. The van der Waals surface area contributed by atoms with Crippen molar-refractivity contribution in [2.75, 3.05) is 23.3 Å². The molecule has 10 heteroatoms. The first-order valence-electron chi connectivity index (χ1n) is 6.16. The van der Waals surface area contributed by atoms with Crippen molar-refractivity contribution < 1.29 is 9.59 Å². The van der Waals surface area contributed by atoms with Crippen LogP contribution in [-0.2, 0) is 9.59 Å². The van der Waals surface area contributed by atoms with Crippen molar-refractivity contribution in [1.29, 1.82) is 0 Å². The Morgan fingerprint density at radius 1 is 1.32 bits per heavy atom. The van der Waals surface area contributed by atoms with Gasteiger partial charge in [0.1, 0.15) is 0 Å². The predicted molar refractivity (Wildman–Crippen MR) is 87.3 cm³/mol. The Kier molecular flexibility index (Phi) is 5.78. The number of nitrogens with two attached hydrogens (primary N) is 1. The second-order valence-electron chi connectivity index (χ2n) is 4.10. The number of hydrogen-bond acceptors (Lipinski definition) is 6. The highest BCUT2D eigenvalue weighted by Gasteiger charge is 2.09. The molecule has 1 heterocycles. The Balaban J connectivity index is 1.71. The molecule has 0 radical (unpaired) electrons. The molecule has 8 nitrogen and oxygen atoms in total. The zero-order valence-electron chi connectivity index (χ0n) is 11.3. The number of anilines is 2. The van der Waals surface area contributed by atoms with E-state index in [1.807, 2.05) is 12.1 Å². The number of H-pyrrole nitrogens is 1. The van der Waals surface area contributed by atoms with E-state index in [1.165, 1.54) is 0 Å². The molecule has 2 rings (SSSR count). The molecule has 1 aromatic heterocycles. The number of rotatable bonds is 6. The number of carbonyl (C=O) groups excluding carboxylic acids is 2. The smallest absolute Gasteiger partial charge is 0.243 e. The summed E-state index contributed by atoms with van der Waals surface area (Å²) in [6.45, 7) is -0.114. The Morgan fingerprint density at radius 3 is 2.77 bits per heavy atom. The number of nitrogens with zero attached hydrogens (tertiary/aromatic N) is 2. The molecule has 0 fully saturated rings. The molecule has 0 aliphatic carbocycles. The van der Waals surface area contributed by atoms with Gasteiger partial charge in [0.05, 0.1) is 18.0 Å². The van der Waals surface area contributed by atoms with Crippen LogP contribution in [0.25, 0.3) is 0 Å². The zero-order valence-corrected chi connectivity index (χ0v) is 13.7. The van der Waals surface area contributed by atoms with Crippen LogP contribution in [0.2, 0.25) is 0 Å². The van der Waals surface area contributed by atoms with Crippen molar-refractivity contribution >= 4 is 51.1 Å². The molecule has 0 aliphatic heterocycles. The number of amides is 2. The lowest BCUT2D eigenvalue weighted by atomic mass is 10.3. The van der Waals surface area contributed by atoms with E-state index in [0.29, 0.717) is 10.8 Å². The molecule has 0 atom stereocenters. The summed E-state index contributed by atoms with van der Waals surface area (Å²) in [5, 5.41) is 11.8. The van der Waals surface area contributed by atoms with Gasteiger partial charge in [0, 0.05) is 4.47 Å². The highest BCUT2D eigenvalue weighted by molar-refractivity contribution is 9.10. The van der Waals surface area contributed by atoms with E-state index < -0.39 is 0 Å². The van der Waals surface area contributed by atoms with E-state index in [1.54, 1.807) is 12.1 Å². The summed E-state index contributed by atoms with van der Waals surface area (Å²) in [4.78, 5) is 27.2. The van der Waals surface area contributed by atoms with Crippen LogP contribution in [-0.4, -0.2) is 39.3 Å². The summed E-state index contributed by atoms with van der Waals surface area (Å²) in [6, 6.07) is 7.22. The fourth-order valence-electron chi connectivity index (χ4n) is 1.44. The largest absolute Gasteiger partial charge is 0.368 e. The molecule has 2 aromatic rings. The molecule has 2 amide bonds. The average Bonchev–Trinajstić information content (AvgIpc) is 2.91. The molecule has 1 aromatic carbocycles. The summed E-state index contributed by atoms with van der Waals surface area (Å²) in [5.41, 5.74) is 6.01. The molecule has 116 valence electrons. The Bertz CT molecular complexity index is 677. The number of aromatic amines is 1. The average molecular weight is 385 g/mol. The number of halogens is 1. The van der Waals surface area contributed by atoms with Crippen LogP contribution in [0.3, 0.4) is 0 Å². The van der Waals surface area contributed by atoms with E-state index in [2.05, 4.69) is 41.7 Å². The zero-order chi connectivity index (χ0) is 15.9. The van der Waals surface area contributed by atoms with Crippen molar-refractivity contribution in [3.63, 3.8) is 0 Å². The van der Waals surface area contributed by atoms with Gasteiger partial charge in [0.2, 0.25) is 22.9 Å². The quantitative estimate of drug-likeness (QED) is 0.550. The van der Waals surface area contributed by atoms with Gasteiger partial charge in [-0.2, -0.15) is 4.98 Å². The number of carbonyl (C=O) groups is 2. The topological polar surface area (TPSA) is 126 Å². The standard InChI is InChI=1S/C12H13BrN6O2S/c13-7-3-1-2-4-8(7)16-9(20)5-15-10(21)6-22-12-17-11(14)18-19-12/h1-4H,5-6H2,(H,15,21)(H,16,20)(H3,14,17,18,19). The third-order valence-corrected chi connectivity index (χ3v) is 3.95. The number of benzene rings is 1. The highest BCUT2D eigenvalue weighted by atomic mass is 79.9. The lowest BCUT2D eigenvalue weighted by Crippen LogP contribution is -2.33. The minimum Gasteiger partial charge on any atom is -0.368 e. The summed E-state index contributed by atoms with van der Waals surface area (Å²) in [5.74, 6) is -0.321. The van der Waals surface area contributed by atoms with Crippen molar-refractivity contribution in [3.05, 3.63) is 28.7 Å². The molecule has 0 bridgehead atoms. The van der Waals surface area contributed by atoms with Crippen LogP contribution >= 0.6 is 27.7 Å². The molecule has 22 heavy (non-hydrogen) atoms. The van der Waals surface area contributed by atoms with Gasteiger partial charge < -0.3 is 16.4 Å². The normalized spacial score (nSPS) is 10.2. The number of nitrogens with one attached hydrogen (secondary N) is 3. The molecule has 0 spiro atoms. The SMILES string of the molecule is Nc1nc(SCC(=O)NCC(=O)Nc2ccccc2Br)n[nH]1.